The zero-order valence-corrected chi connectivity index (χ0v) is 6.03. The van der Waals surface area contributed by atoms with Crippen molar-refractivity contribution in [2.24, 2.45) is 0 Å². The molecule has 0 bridgehead atoms. The van der Waals surface area contributed by atoms with Crippen LogP contribution in [0.4, 0.5) is 0 Å². The fraction of sp³-hybridized carbons (Fsp3) is 0. The predicted octanol–water partition coefficient (Wildman–Crippen LogP) is -5.07. The maximum Gasteiger partial charge on any atom is 3.00 e. The minimum absolute atomic E-state index is 0. The summed E-state index contributed by atoms with van der Waals surface area (Å²) in [5.74, 6) is 0. The van der Waals surface area contributed by atoms with Crippen molar-refractivity contribution in [2.45, 2.75) is 0 Å². The van der Waals surface area contributed by atoms with Gasteiger partial charge in [-0.05, 0) is 0 Å². The Morgan fingerprint density at radius 2 is 0.700 bits per heavy atom. The normalized spacial score (nSPS) is 2.40. The van der Waals surface area contributed by atoms with Crippen molar-refractivity contribution < 1.29 is 47.7 Å². The molecule has 0 spiro atoms. The van der Waals surface area contributed by atoms with E-state index in [9.17, 15) is 0 Å². The van der Waals surface area contributed by atoms with Crippen LogP contribution >= 0.6 is 0 Å². The molecule has 0 N–H and O–H groups in total. The fourth-order valence-electron chi connectivity index (χ4n) is 0. The molecule has 0 aromatic carbocycles. The molecule has 0 heterocycles. The van der Waals surface area contributed by atoms with Gasteiger partial charge in [-0.25, -0.2) is 0 Å². The van der Waals surface area contributed by atoms with E-state index in [2.05, 4.69) is 0 Å². The summed E-state index contributed by atoms with van der Waals surface area (Å²) in [5.41, 5.74) is 0. The standard InChI is InChI=1S/3BO2.V/c3*2-1-3;/q3*-1;+3. The molecular weight excluding hydrogens is 179 g/mol. The van der Waals surface area contributed by atoms with E-state index in [0.717, 1.165) is 0 Å². The molecule has 10 heavy (non-hydrogen) atoms. The molecule has 0 aromatic heterocycles. The van der Waals surface area contributed by atoms with Crippen LogP contribution < -0.4 is 15.1 Å². The quantitative estimate of drug-likeness (QED) is 0.343. The second-order valence-corrected chi connectivity index (χ2v) is 0.289. The van der Waals surface area contributed by atoms with Crippen LogP contribution in [0.25, 0.3) is 0 Å². The van der Waals surface area contributed by atoms with Crippen molar-refractivity contribution >= 4 is 22.1 Å². The summed E-state index contributed by atoms with van der Waals surface area (Å²) in [6.07, 6.45) is 0. The molecule has 0 radical (unpaired) electrons. The summed E-state index contributed by atoms with van der Waals surface area (Å²) in [5, 5.41) is 24.8. The summed E-state index contributed by atoms with van der Waals surface area (Å²) in [6.45, 7) is 0. The summed E-state index contributed by atoms with van der Waals surface area (Å²) in [4.78, 5) is 0. The van der Waals surface area contributed by atoms with Crippen LogP contribution in [0, 0.1) is 0 Å². The number of hydrogen-bond donors (Lipinski definition) is 0. The molecule has 0 amide bonds. The first-order valence-corrected chi connectivity index (χ1v) is 1.41. The molecule has 0 saturated carbocycles. The van der Waals surface area contributed by atoms with Crippen LogP contribution in [0.15, 0.2) is 0 Å². The molecule has 50 valence electrons. The first-order valence-electron chi connectivity index (χ1n) is 1.41. The Labute approximate surface area is 70.4 Å². The van der Waals surface area contributed by atoms with Gasteiger partial charge in [0.05, 0.1) is 0 Å². The maximum atomic E-state index is 8.25. The van der Waals surface area contributed by atoms with Gasteiger partial charge in [0.25, 0.3) is 0 Å². The molecule has 6 nitrogen and oxygen atoms in total. The van der Waals surface area contributed by atoms with E-state index in [1.54, 1.807) is 0 Å². The number of hydrogen-bond acceptors (Lipinski definition) is 6. The molecule has 0 rings (SSSR count). The molecular formula is B3O6V. The smallest absolute Gasteiger partial charge is 3.00 e. The molecule has 0 fully saturated rings. The third-order valence-electron chi connectivity index (χ3n) is 0. The predicted molar refractivity (Wildman–Crippen MR) is 19.3 cm³/mol. The van der Waals surface area contributed by atoms with E-state index in [1.165, 1.54) is 0 Å². The molecule has 0 unspecified atom stereocenters. The largest absolute Gasteiger partial charge is 3.00 e. The van der Waals surface area contributed by atoms with Crippen molar-refractivity contribution in [3.63, 3.8) is 0 Å². The third kappa shape index (κ3) is 1850. The molecule has 0 aliphatic carbocycles. The second-order valence-electron chi connectivity index (χ2n) is 0.289. The van der Waals surface area contributed by atoms with Gasteiger partial charge in [-0.15, -0.1) is 0 Å². The SMILES string of the molecule is O=B[O-].O=B[O-].O=B[O-].[V+3]. The Hall–Kier alpha value is -0.421. The topological polar surface area (TPSA) is 120 Å². The van der Waals surface area contributed by atoms with Crippen molar-refractivity contribution in [1.29, 1.82) is 0 Å². The van der Waals surface area contributed by atoms with Crippen LogP contribution in [0.5, 0.6) is 0 Å². The van der Waals surface area contributed by atoms with E-state index < -0.39 is 22.1 Å². The van der Waals surface area contributed by atoms with Crippen LogP contribution in [0.3, 0.4) is 0 Å². The van der Waals surface area contributed by atoms with Crippen molar-refractivity contribution in [3.05, 3.63) is 0 Å². The monoisotopic (exact) mass is 180 g/mol. The summed E-state index contributed by atoms with van der Waals surface area (Å²) in [7, 11) is -1.50. The van der Waals surface area contributed by atoms with Gasteiger partial charge in [-0.3, -0.25) is 0 Å². The Balaban J connectivity index is -0.0000000257. The zero-order chi connectivity index (χ0) is 8.12. The Kier molecular flexibility index (Phi) is 168. The fourth-order valence-corrected chi connectivity index (χ4v) is 0. The van der Waals surface area contributed by atoms with E-state index >= 15 is 0 Å². The maximum absolute atomic E-state index is 8.25. The van der Waals surface area contributed by atoms with Crippen molar-refractivity contribution in [3.8, 4) is 0 Å². The average molecular weight is 179 g/mol. The van der Waals surface area contributed by atoms with E-state index in [4.69, 9.17) is 29.2 Å². The van der Waals surface area contributed by atoms with Gasteiger partial charge in [-0.2, -0.15) is 0 Å². The van der Waals surface area contributed by atoms with Crippen LogP contribution in [0.1, 0.15) is 0 Å². The summed E-state index contributed by atoms with van der Waals surface area (Å²) < 4.78 is 24.8. The average Bonchev–Trinajstić information content (AvgIpc) is 1.70. The molecule has 10 heteroatoms. The van der Waals surface area contributed by atoms with Gasteiger partial charge in [0, 0.05) is 0 Å². The molecule has 0 aliphatic heterocycles. The molecule has 0 aromatic rings. The van der Waals surface area contributed by atoms with Crippen LogP contribution in [-0.4, -0.2) is 22.1 Å². The molecule has 0 aliphatic rings. The third-order valence-corrected chi connectivity index (χ3v) is 0. The van der Waals surface area contributed by atoms with E-state index in [0.29, 0.717) is 0 Å². The minimum atomic E-state index is -0.500. The first-order chi connectivity index (χ1) is 4.24. The Morgan fingerprint density at radius 1 is 0.700 bits per heavy atom. The van der Waals surface area contributed by atoms with Gasteiger partial charge in [0.15, 0.2) is 0 Å². The molecule has 0 atom stereocenters. The Bertz CT molecular complexity index is 49.7. The Morgan fingerprint density at radius 3 is 0.700 bits per heavy atom. The van der Waals surface area contributed by atoms with E-state index in [-0.39, 0.29) is 18.6 Å². The van der Waals surface area contributed by atoms with Gasteiger partial charge in [-0.1, -0.05) is 0 Å². The van der Waals surface area contributed by atoms with Crippen LogP contribution in [0.2, 0.25) is 0 Å². The van der Waals surface area contributed by atoms with Gasteiger partial charge >= 0.3 is 69.8 Å². The van der Waals surface area contributed by atoms with Gasteiger partial charge < -0.3 is 0 Å². The van der Waals surface area contributed by atoms with Crippen molar-refractivity contribution in [1.82, 2.24) is 0 Å². The zero-order valence-electron chi connectivity index (χ0n) is 4.63. The first kappa shape index (κ1) is 22.7. The van der Waals surface area contributed by atoms with Gasteiger partial charge in [0.1, 0.15) is 0 Å². The second kappa shape index (κ2) is 74.1. The number of rotatable bonds is 0. The minimum Gasteiger partial charge on any atom is 3.00 e. The van der Waals surface area contributed by atoms with Crippen molar-refractivity contribution in [2.75, 3.05) is 0 Å². The summed E-state index contributed by atoms with van der Waals surface area (Å²) in [6, 6.07) is 0. The van der Waals surface area contributed by atoms with E-state index in [1.807, 2.05) is 0 Å². The summed E-state index contributed by atoms with van der Waals surface area (Å²) >= 11 is 0. The van der Waals surface area contributed by atoms with Crippen LogP contribution in [-0.2, 0) is 32.7 Å². The van der Waals surface area contributed by atoms with Gasteiger partial charge in [0.2, 0.25) is 0 Å². The molecule has 0 saturated heterocycles.